The minimum absolute atomic E-state index is 0.171. The average Bonchev–Trinajstić information content (AvgIpc) is 3.06. The summed E-state index contributed by atoms with van der Waals surface area (Å²) in [5.41, 5.74) is 1.84. The second-order valence-electron chi connectivity index (χ2n) is 11.0. The molecule has 10 heteroatoms. The van der Waals surface area contributed by atoms with E-state index in [9.17, 15) is 22.8 Å². The fourth-order valence-electron chi connectivity index (χ4n) is 4.95. The zero-order valence-electron chi connectivity index (χ0n) is 26.2. The minimum atomic E-state index is -4.43. The van der Waals surface area contributed by atoms with Crippen molar-refractivity contribution in [3.05, 3.63) is 112 Å². The molecule has 0 aliphatic rings. The van der Waals surface area contributed by atoms with E-state index in [-0.39, 0.29) is 12.2 Å². The Morgan fingerprint density at radius 2 is 1.55 bits per heavy atom. The highest BCUT2D eigenvalue weighted by Gasteiger charge is 2.30. The average molecular weight is 713 g/mol. The summed E-state index contributed by atoms with van der Waals surface area (Å²) in [6, 6.07) is 23.3. The van der Waals surface area contributed by atoms with Gasteiger partial charge in [0.05, 0.1) is 24.8 Å². The van der Waals surface area contributed by atoms with Gasteiger partial charge >= 0.3 is 12.1 Å². The van der Waals surface area contributed by atoms with Crippen molar-refractivity contribution in [1.82, 2.24) is 5.32 Å². The van der Waals surface area contributed by atoms with Crippen molar-refractivity contribution < 1.29 is 37.0 Å². The normalized spacial score (nSPS) is 11.9. The summed E-state index contributed by atoms with van der Waals surface area (Å²) in [6.07, 6.45) is 1.13. The third-order valence-electron chi connectivity index (χ3n) is 7.48. The molecule has 0 unspecified atom stereocenters. The van der Waals surface area contributed by atoms with Crippen molar-refractivity contribution in [2.45, 2.75) is 57.7 Å². The SMILES string of the molecule is CCCCCCCOc1ccc(Br)cc1C(=O)N[C@@H](Cc1ccc(-c2ccccc2Oc2ccc(C(F)(F)F)cc2)cc1)C(=O)OC. The van der Waals surface area contributed by atoms with E-state index in [1.54, 1.807) is 30.3 Å². The highest BCUT2D eigenvalue weighted by atomic mass is 79.9. The molecule has 0 saturated heterocycles. The van der Waals surface area contributed by atoms with E-state index in [0.717, 1.165) is 54.5 Å². The molecule has 0 aliphatic heterocycles. The number of para-hydroxylation sites is 1. The number of carbonyl (C=O) groups excluding carboxylic acids is 2. The molecule has 248 valence electrons. The van der Waals surface area contributed by atoms with E-state index in [2.05, 4.69) is 28.2 Å². The summed E-state index contributed by atoms with van der Waals surface area (Å²) >= 11 is 3.42. The number of ether oxygens (including phenoxy) is 3. The highest BCUT2D eigenvalue weighted by molar-refractivity contribution is 9.10. The molecule has 0 saturated carbocycles. The first-order chi connectivity index (χ1) is 22.6. The number of nitrogens with one attached hydrogen (secondary N) is 1. The molecule has 0 heterocycles. The predicted octanol–water partition coefficient (Wildman–Crippen LogP) is 9.79. The van der Waals surface area contributed by atoms with Crippen LogP contribution in [0.3, 0.4) is 0 Å². The van der Waals surface area contributed by atoms with Gasteiger partial charge in [-0.25, -0.2) is 4.79 Å². The largest absolute Gasteiger partial charge is 0.493 e. The first kappa shape index (κ1) is 35.5. The zero-order chi connectivity index (χ0) is 33.8. The van der Waals surface area contributed by atoms with Gasteiger partial charge in [0.2, 0.25) is 0 Å². The van der Waals surface area contributed by atoms with Gasteiger partial charge in [0.25, 0.3) is 5.91 Å². The topological polar surface area (TPSA) is 73.9 Å². The molecule has 47 heavy (non-hydrogen) atoms. The van der Waals surface area contributed by atoms with Gasteiger partial charge in [-0.3, -0.25) is 4.79 Å². The molecule has 0 bridgehead atoms. The number of benzene rings is 4. The molecule has 1 amide bonds. The van der Waals surface area contributed by atoms with Gasteiger partial charge in [-0.2, -0.15) is 13.2 Å². The lowest BCUT2D eigenvalue weighted by Gasteiger charge is -2.19. The number of esters is 1. The maximum Gasteiger partial charge on any atom is 0.416 e. The first-order valence-corrected chi connectivity index (χ1v) is 16.2. The van der Waals surface area contributed by atoms with Gasteiger partial charge < -0.3 is 19.5 Å². The second kappa shape index (κ2) is 17.0. The molecule has 0 spiro atoms. The number of halogens is 4. The third kappa shape index (κ3) is 10.3. The Morgan fingerprint density at radius 3 is 2.23 bits per heavy atom. The van der Waals surface area contributed by atoms with E-state index < -0.39 is 29.7 Å². The number of methoxy groups -OCH3 is 1. The van der Waals surface area contributed by atoms with Crippen LogP contribution in [0.25, 0.3) is 11.1 Å². The van der Waals surface area contributed by atoms with Crippen LogP contribution in [0.5, 0.6) is 17.2 Å². The number of amides is 1. The van der Waals surface area contributed by atoms with Crippen LogP contribution in [-0.2, 0) is 22.1 Å². The Labute approximate surface area is 281 Å². The second-order valence-corrected chi connectivity index (χ2v) is 11.9. The van der Waals surface area contributed by atoms with Gasteiger partial charge in [0, 0.05) is 16.5 Å². The van der Waals surface area contributed by atoms with E-state index in [0.29, 0.717) is 28.1 Å². The fraction of sp³-hybridized carbons (Fsp3) is 0.297. The van der Waals surface area contributed by atoms with Gasteiger partial charge in [-0.15, -0.1) is 0 Å². The number of hydrogen-bond acceptors (Lipinski definition) is 5. The molecule has 1 N–H and O–H groups in total. The van der Waals surface area contributed by atoms with Crippen molar-refractivity contribution in [2.24, 2.45) is 0 Å². The van der Waals surface area contributed by atoms with E-state index in [1.165, 1.54) is 25.7 Å². The Bertz CT molecular complexity index is 1620. The molecule has 6 nitrogen and oxygen atoms in total. The number of hydrogen-bond donors (Lipinski definition) is 1. The predicted molar refractivity (Wildman–Crippen MR) is 179 cm³/mol. The number of alkyl halides is 3. The third-order valence-corrected chi connectivity index (χ3v) is 7.98. The van der Waals surface area contributed by atoms with Crippen LogP contribution >= 0.6 is 15.9 Å². The van der Waals surface area contributed by atoms with Crippen molar-refractivity contribution in [3.8, 4) is 28.4 Å². The lowest BCUT2D eigenvalue weighted by atomic mass is 9.99. The van der Waals surface area contributed by atoms with Gasteiger partial charge in [0.1, 0.15) is 23.3 Å². The molecule has 0 aliphatic carbocycles. The number of unbranched alkanes of at least 4 members (excludes halogenated alkanes) is 4. The van der Waals surface area contributed by atoms with Crippen molar-refractivity contribution in [2.75, 3.05) is 13.7 Å². The maximum absolute atomic E-state index is 13.4. The molecule has 4 aromatic carbocycles. The molecule has 0 aromatic heterocycles. The monoisotopic (exact) mass is 711 g/mol. The Hall–Kier alpha value is -4.31. The van der Waals surface area contributed by atoms with E-state index in [1.807, 2.05) is 36.4 Å². The molecular weight excluding hydrogens is 675 g/mol. The van der Waals surface area contributed by atoms with Crippen LogP contribution < -0.4 is 14.8 Å². The Morgan fingerprint density at radius 1 is 0.851 bits per heavy atom. The Balaban J connectivity index is 1.45. The summed E-state index contributed by atoms with van der Waals surface area (Å²) in [7, 11) is 1.27. The lowest BCUT2D eigenvalue weighted by molar-refractivity contribution is -0.143. The highest BCUT2D eigenvalue weighted by Crippen LogP contribution is 2.35. The smallest absolute Gasteiger partial charge is 0.416 e. The summed E-state index contributed by atoms with van der Waals surface area (Å²) < 4.78 is 56.5. The van der Waals surface area contributed by atoms with Crippen molar-refractivity contribution >= 4 is 27.8 Å². The summed E-state index contributed by atoms with van der Waals surface area (Å²) in [6.45, 7) is 2.64. The van der Waals surface area contributed by atoms with Crippen molar-refractivity contribution in [3.63, 3.8) is 0 Å². The molecule has 1 atom stereocenters. The number of carbonyl (C=O) groups is 2. The summed E-state index contributed by atoms with van der Waals surface area (Å²) in [5.74, 6) is 0.114. The van der Waals surface area contributed by atoms with Gasteiger partial charge in [-0.1, -0.05) is 91.0 Å². The van der Waals surface area contributed by atoms with Gasteiger partial charge in [-0.05, 0) is 66.1 Å². The van der Waals surface area contributed by atoms with Crippen LogP contribution in [-0.4, -0.2) is 31.6 Å². The number of rotatable bonds is 15. The zero-order valence-corrected chi connectivity index (χ0v) is 27.8. The first-order valence-electron chi connectivity index (χ1n) is 15.4. The quantitative estimate of drug-likeness (QED) is 0.0982. The van der Waals surface area contributed by atoms with E-state index in [4.69, 9.17) is 14.2 Å². The Kier molecular flexibility index (Phi) is 12.9. The standard InChI is InChI=1S/C37H37BrF3NO5/c1-3-4-5-6-9-22-46-33-21-18-28(38)24-31(33)35(43)42-32(36(44)45-2)23-25-12-14-26(15-13-25)30-10-7-8-11-34(30)47-29-19-16-27(17-20-29)37(39,40)41/h7-8,10-21,24,32H,3-6,9,22-23H2,1-2H3,(H,42,43)/t32-/m0/s1. The van der Waals surface area contributed by atoms with Crippen LogP contribution in [0.4, 0.5) is 13.2 Å². The van der Waals surface area contributed by atoms with Crippen LogP contribution in [0.15, 0.2) is 95.5 Å². The lowest BCUT2D eigenvalue weighted by Crippen LogP contribution is -2.43. The maximum atomic E-state index is 13.4. The summed E-state index contributed by atoms with van der Waals surface area (Å²) in [5, 5.41) is 2.81. The summed E-state index contributed by atoms with van der Waals surface area (Å²) in [4.78, 5) is 26.2. The van der Waals surface area contributed by atoms with E-state index >= 15 is 0 Å². The van der Waals surface area contributed by atoms with Crippen LogP contribution in [0.2, 0.25) is 0 Å². The van der Waals surface area contributed by atoms with Gasteiger partial charge in [0.15, 0.2) is 0 Å². The fourth-order valence-corrected chi connectivity index (χ4v) is 5.32. The van der Waals surface area contributed by atoms with Crippen LogP contribution in [0, 0.1) is 0 Å². The minimum Gasteiger partial charge on any atom is -0.493 e. The molecular formula is C37H37BrF3NO5. The van der Waals surface area contributed by atoms with Crippen molar-refractivity contribution in [1.29, 1.82) is 0 Å². The molecule has 4 rings (SSSR count). The molecule has 0 fully saturated rings. The molecule has 4 aromatic rings. The molecule has 0 radical (unpaired) electrons. The van der Waals surface area contributed by atoms with Crippen LogP contribution in [0.1, 0.15) is 60.5 Å².